The second-order valence-corrected chi connectivity index (χ2v) is 7.95. The highest BCUT2D eigenvalue weighted by molar-refractivity contribution is 5.77. The largest absolute Gasteiger partial charge is 0.342 e. The van der Waals surface area contributed by atoms with Gasteiger partial charge in [-0.05, 0) is 37.9 Å². The van der Waals surface area contributed by atoms with E-state index in [4.69, 9.17) is 0 Å². The van der Waals surface area contributed by atoms with Crippen LogP contribution in [-0.2, 0) is 17.8 Å². The summed E-state index contributed by atoms with van der Waals surface area (Å²) in [5.74, 6) is 0.296. The van der Waals surface area contributed by atoms with Gasteiger partial charge in [0.15, 0.2) is 0 Å². The molecule has 0 aliphatic carbocycles. The van der Waals surface area contributed by atoms with Gasteiger partial charge in [-0.2, -0.15) is 0 Å². The molecular weight excluding hydrogens is 338 g/mol. The number of piperidine rings is 2. The SMILES string of the molecule is O=C1CC[C@]2(CCCN(Cc3cncnc3)C2)CN1CCc1ccccn1. The van der Waals surface area contributed by atoms with Gasteiger partial charge in [-0.15, -0.1) is 0 Å². The number of rotatable bonds is 5. The molecule has 6 heteroatoms. The van der Waals surface area contributed by atoms with E-state index in [9.17, 15) is 4.79 Å². The van der Waals surface area contributed by atoms with Crippen molar-refractivity contribution < 1.29 is 4.79 Å². The number of hydrogen-bond acceptors (Lipinski definition) is 5. The third-order valence-electron chi connectivity index (χ3n) is 5.87. The van der Waals surface area contributed by atoms with E-state index < -0.39 is 0 Å². The molecule has 2 fully saturated rings. The first-order valence-corrected chi connectivity index (χ1v) is 9.86. The molecule has 4 rings (SSSR count). The van der Waals surface area contributed by atoms with E-state index in [2.05, 4.69) is 24.8 Å². The van der Waals surface area contributed by atoms with Crippen molar-refractivity contribution in [1.82, 2.24) is 24.8 Å². The van der Waals surface area contributed by atoms with Gasteiger partial charge in [-0.1, -0.05) is 6.07 Å². The number of aromatic nitrogens is 3. The van der Waals surface area contributed by atoms with Crippen LogP contribution in [0.1, 0.15) is 36.9 Å². The lowest BCUT2D eigenvalue weighted by atomic mass is 9.73. The van der Waals surface area contributed by atoms with Gasteiger partial charge in [0.25, 0.3) is 0 Å². The standard InChI is InChI=1S/C21H27N5O/c27-20-5-8-21(16-26(20)11-6-19-4-1-2-9-24-19)7-3-10-25(15-21)14-18-12-22-17-23-13-18/h1-2,4,9,12-13,17H,3,5-8,10-11,14-16H2/t21-/m0/s1. The Morgan fingerprint density at radius 1 is 1.11 bits per heavy atom. The average molecular weight is 365 g/mol. The predicted octanol–water partition coefficient (Wildman–Crippen LogP) is 2.32. The second-order valence-electron chi connectivity index (χ2n) is 7.95. The third-order valence-corrected chi connectivity index (χ3v) is 5.87. The topological polar surface area (TPSA) is 62.2 Å². The monoisotopic (exact) mass is 365 g/mol. The molecule has 0 unspecified atom stereocenters. The molecule has 6 nitrogen and oxygen atoms in total. The van der Waals surface area contributed by atoms with E-state index in [-0.39, 0.29) is 5.41 Å². The van der Waals surface area contributed by atoms with Gasteiger partial charge < -0.3 is 4.90 Å². The molecule has 0 bridgehead atoms. The summed E-state index contributed by atoms with van der Waals surface area (Å²) in [5.41, 5.74) is 2.44. The maximum absolute atomic E-state index is 12.5. The van der Waals surface area contributed by atoms with E-state index in [1.165, 1.54) is 12.8 Å². The molecule has 1 amide bonds. The lowest BCUT2D eigenvalue weighted by Crippen LogP contribution is -2.54. The number of hydrogen-bond donors (Lipinski definition) is 0. The fourth-order valence-electron chi connectivity index (χ4n) is 4.55. The molecular formula is C21H27N5O. The van der Waals surface area contributed by atoms with Crippen LogP contribution in [0.5, 0.6) is 0 Å². The molecule has 4 heterocycles. The summed E-state index contributed by atoms with van der Waals surface area (Å²) in [7, 11) is 0. The Hall–Kier alpha value is -2.34. The zero-order valence-corrected chi connectivity index (χ0v) is 15.8. The zero-order chi connectivity index (χ0) is 18.5. The Kier molecular flexibility index (Phi) is 5.43. The Labute approximate surface area is 160 Å². The van der Waals surface area contributed by atoms with Crippen molar-refractivity contribution in [3.05, 3.63) is 54.4 Å². The number of amides is 1. The molecule has 0 radical (unpaired) electrons. The minimum Gasteiger partial charge on any atom is -0.342 e. The quantitative estimate of drug-likeness (QED) is 0.814. The van der Waals surface area contributed by atoms with Crippen molar-refractivity contribution in [2.45, 2.75) is 38.6 Å². The number of carbonyl (C=O) groups is 1. The van der Waals surface area contributed by atoms with Crippen molar-refractivity contribution in [3.8, 4) is 0 Å². The molecule has 142 valence electrons. The van der Waals surface area contributed by atoms with Crippen LogP contribution in [0.15, 0.2) is 43.1 Å². The third kappa shape index (κ3) is 4.50. The molecule has 0 N–H and O–H groups in total. The van der Waals surface area contributed by atoms with Crippen LogP contribution in [0.4, 0.5) is 0 Å². The van der Waals surface area contributed by atoms with Gasteiger partial charge in [0.2, 0.25) is 5.91 Å². The maximum Gasteiger partial charge on any atom is 0.222 e. The fraction of sp³-hybridized carbons (Fsp3) is 0.524. The normalized spacial score (nSPS) is 23.7. The van der Waals surface area contributed by atoms with Crippen LogP contribution in [0.25, 0.3) is 0 Å². The number of nitrogens with zero attached hydrogens (tertiary/aromatic N) is 5. The summed E-state index contributed by atoms with van der Waals surface area (Å²) in [6, 6.07) is 5.97. The fourth-order valence-corrected chi connectivity index (χ4v) is 4.55. The first-order valence-electron chi connectivity index (χ1n) is 9.86. The Balaban J connectivity index is 1.38. The lowest BCUT2D eigenvalue weighted by Gasteiger charge is -2.48. The van der Waals surface area contributed by atoms with Crippen LogP contribution >= 0.6 is 0 Å². The van der Waals surface area contributed by atoms with Crippen LogP contribution in [0, 0.1) is 5.41 Å². The summed E-state index contributed by atoms with van der Waals surface area (Å²) in [4.78, 5) is 29.7. The van der Waals surface area contributed by atoms with Gasteiger partial charge in [0.05, 0.1) is 0 Å². The van der Waals surface area contributed by atoms with Crippen molar-refractivity contribution in [2.24, 2.45) is 5.41 Å². The van der Waals surface area contributed by atoms with Gasteiger partial charge in [-0.25, -0.2) is 9.97 Å². The summed E-state index contributed by atoms with van der Waals surface area (Å²) in [5, 5.41) is 0. The van der Waals surface area contributed by atoms with Crippen molar-refractivity contribution in [2.75, 3.05) is 26.2 Å². The first kappa shape index (κ1) is 18.0. The summed E-state index contributed by atoms with van der Waals surface area (Å²) in [6.07, 6.45) is 12.1. The zero-order valence-electron chi connectivity index (χ0n) is 15.8. The summed E-state index contributed by atoms with van der Waals surface area (Å²) >= 11 is 0. The smallest absolute Gasteiger partial charge is 0.222 e. The molecule has 2 saturated heterocycles. The van der Waals surface area contributed by atoms with Gasteiger partial charge in [0.1, 0.15) is 6.33 Å². The molecule has 2 aliphatic rings. The van der Waals surface area contributed by atoms with Gasteiger partial charge in [-0.3, -0.25) is 14.7 Å². The lowest BCUT2D eigenvalue weighted by molar-refractivity contribution is -0.139. The second kappa shape index (κ2) is 8.13. The number of carbonyl (C=O) groups excluding carboxylic acids is 1. The van der Waals surface area contributed by atoms with E-state index >= 15 is 0 Å². The highest BCUT2D eigenvalue weighted by atomic mass is 16.2. The first-order chi connectivity index (χ1) is 13.2. The minimum absolute atomic E-state index is 0.228. The molecule has 0 aromatic carbocycles. The van der Waals surface area contributed by atoms with Crippen LogP contribution in [-0.4, -0.2) is 56.8 Å². The predicted molar refractivity (Wildman–Crippen MR) is 103 cm³/mol. The Bertz CT molecular complexity index is 754. The van der Waals surface area contributed by atoms with Crippen LogP contribution in [0.2, 0.25) is 0 Å². The molecule has 2 aromatic rings. The van der Waals surface area contributed by atoms with E-state index in [1.54, 1.807) is 6.33 Å². The van der Waals surface area contributed by atoms with Crippen molar-refractivity contribution >= 4 is 5.91 Å². The average Bonchev–Trinajstić information content (AvgIpc) is 2.71. The van der Waals surface area contributed by atoms with Crippen LogP contribution < -0.4 is 0 Å². The van der Waals surface area contributed by atoms with E-state index in [0.717, 1.165) is 56.8 Å². The van der Waals surface area contributed by atoms with Crippen molar-refractivity contribution in [1.29, 1.82) is 0 Å². The molecule has 27 heavy (non-hydrogen) atoms. The van der Waals surface area contributed by atoms with Gasteiger partial charge >= 0.3 is 0 Å². The molecule has 1 spiro atoms. The number of pyridine rings is 1. The summed E-state index contributed by atoms with van der Waals surface area (Å²) in [6.45, 7) is 4.70. The molecule has 2 aliphatic heterocycles. The number of likely N-dealkylation sites (tertiary alicyclic amines) is 2. The Morgan fingerprint density at radius 3 is 2.81 bits per heavy atom. The molecule has 2 aromatic heterocycles. The van der Waals surface area contributed by atoms with E-state index in [1.807, 2.05) is 36.8 Å². The van der Waals surface area contributed by atoms with Gasteiger partial charge in [0, 0.05) is 74.3 Å². The summed E-state index contributed by atoms with van der Waals surface area (Å²) < 4.78 is 0. The minimum atomic E-state index is 0.228. The highest BCUT2D eigenvalue weighted by Crippen LogP contribution is 2.39. The Morgan fingerprint density at radius 2 is 2.00 bits per heavy atom. The van der Waals surface area contributed by atoms with Crippen LogP contribution in [0.3, 0.4) is 0 Å². The highest BCUT2D eigenvalue weighted by Gasteiger charge is 2.41. The molecule has 0 saturated carbocycles. The maximum atomic E-state index is 12.5. The molecule has 1 atom stereocenters. The van der Waals surface area contributed by atoms with E-state index in [0.29, 0.717) is 12.3 Å². The van der Waals surface area contributed by atoms with Crippen molar-refractivity contribution in [3.63, 3.8) is 0 Å².